The number of carboxylic acid groups (broad SMARTS) is 1. The zero-order valence-electron chi connectivity index (χ0n) is 8.27. The fraction of sp³-hybridized carbons (Fsp3) is 0. The van der Waals surface area contributed by atoms with Crippen LogP contribution in [0.25, 0.3) is 17.0 Å². The van der Waals surface area contributed by atoms with Gasteiger partial charge in [0.25, 0.3) is 0 Å². The van der Waals surface area contributed by atoms with Crippen molar-refractivity contribution in [2.75, 3.05) is 0 Å². The standard InChI is InChI=1S/C12H8N2O2/c13-5-1-2-8-3-4-11-9(6-8)10(7-14-11)12(15)16/h1-4,6-7,14H,(H,15,16). The van der Waals surface area contributed by atoms with Crippen molar-refractivity contribution >= 4 is 22.9 Å². The summed E-state index contributed by atoms with van der Waals surface area (Å²) in [5, 5.41) is 18.0. The molecule has 2 N–H and O–H groups in total. The van der Waals surface area contributed by atoms with E-state index in [1.54, 1.807) is 18.2 Å². The molecule has 0 atom stereocenters. The van der Waals surface area contributed by atoms with Crippen LogP contribution >= 0.6 is 0 Å². The zero-order chi connectivity index (χ0) is 11.5. The number of nitrogens with one attached hydrogen (secondary N) is 1. The van der Waals surface area contributed by atoms with Gasteiger partial charge in [-0.15, -0.1) is 0 Å². The van der Waals surface area contributed by atoms with Crippen LogP contribution in [0, 0.1) is 11.3 Å². The Kier molecular flexibility index (Phi) is 2.44. The van der Waals surface area contributed by atoms with Gasteiger partial charge < -0.3 is 10.1 Å². The van der Waals surface area contributed by atoms with Gasteiger partial charge in [-0.25, -0.2) is 4.79 Å². The molecular weight excluding hydrogens is 204 g/mol. The van der Waals surface area contributed by atoms with Gasteiger partial charge in [-0.1, -0.05) is 6.07 Å². The third kappa shape index (κ3) is 1.66. The minimum absolute atomic E-state index is 0.238. The van der Waals surface area contributed by atoms with E-state index in [0.29, 0.717) is 5.39 Å². The normalized spacial score (nSPS) is 10.7. The molecular formula is C12H8N2O2. The van der Waals surface area contributed by atoms with Gasteiger partial charge in [0.1, 0.15) is 0 Å². The van der Waals surface area contributed by atoms with E-state index in [-0.39, 0.29) is 5.56 Å². The molecule has 4 nitrogen and oxygen atoms in total. The first-order valence-corrected chi connectivity index (χ1v) is 4.63. The molecule has 1 aromatic carbocycles. The summed E-state index contributed by atoms with van der Waals surface area (Å²) in [6.07, 6.45) is 4.46. The first-order valence-electron chi connectivity index (χ1n) is 4.63. The monoisotopic (exact) mass is 212 g/mol. The molecule has 0 aliphatic carbocycles. The van der Waals surface area contributed by atoms with E-state index in [0.717, 1.165) is 11.1 Å². The number of rotatable bonds is 2. The van der Waals surface area contributed by atoms with Crippen LogP contribution in [-0.2, 0) is 0 Å². The van der Waals surface area contributed by atoms with Crippen molar-refractivity contribution in [3.8, 4) is 6.07 Å². The van der Waals surface area contributed by atoms with Gasteiger partial charge in [0, 0.05) is 23.2 Å². The van der Waals surface area contributed by atoms with Crippen LogP contribution in [0.2, 0.25) is 0 Å². The van der Waals surface area contributed by atoms with Gasteiger partial charge in [-0.2, -0.15) is 5.26 Å². The number of hydrogen-bond acceptors (Lipinski definition) is 2. The minimum atomic E-state index is -0.965. The molecule has 1 aromatic heterocycles. The number of nitriles is 1. The number of aromatic nitrogens is 1. The Morgan fingerprint density at radius 2 is 2.31 bits per heavy atom. The molecule has 0 aliphatic heterocycles. The number of hydrogen-bond donors (Lipinski definition) is 2. The van der Waals surface area contributed by atoms with Crippen LogP contribution in [0.3, 0.4) is 0 Å². The average molecular weight is 212 g/mol. The summed E-state index contributed by atoms with van der Waals surface area (Å²) in [6.45, 7) is 0. The Bertz CT molecular complexity index is 617. The number of fused-ring (bicyclic) bond motifs is 1. The van der Waals surface area contributed by atoms with Crippen molar-refractivity contribution in [2.45, 2.75) is 0 Å². The highest BCUT2D eigenvalue weighted by Gasteiger charge is 2.09. The van der Waals surface area contributed by atoms with Gasteiger partial charge in [0.15, 0.2) is 0 Å². The van der Waals surface area contributed by atoms with Crippen LogP contribution < -0.4 is 0 Å². The topological polar surface area (TPSA) is 76.9 Å². The van der Waals surface area contributed by atoms with Gasteiger partial charge in [0.05, 0.1) is 11.6 Å². The maximum atomic E-state index is 10.9. The lowest BCUT2D eigenvalue weighted by atomic mass is 10.1. The van der Waals surface area contributed by atoms with Crippen LogP contribution in [0.1, 0.15) is 15.9 Å². The zero-order valence-corrected chi connectivity index (χ0v) is 8.27. The largest absolute Gasteiger partial charge is 0.478 e. The molecule has 0 saturated heterocycles. The second kappa shape index (κ2) is 3.91. The summed E-state index contributed by atoms with van der Waals surface area (Å²) in [7, 11) is 0. The first kappa shape index (κ1) is 9.99. The summed E-state index contributed by atoms with van der Waals surface area (Å²) >= 11 is 0. The summed E-state index contributed by atoms with van der Waals surface area (Å²) in [5.41, 5.74) is 1.81. The SMILES string of the molecule is N#CC=Cc1ccc2[nH]cc(C(=O)O)c2c1. The summed E-state index contributed by atoms with van der Waals surface area (Å²) in [4.78, 5) is 13.8. The van der Waals surface area contributed by atoms with Crippen molar-refractivity contribution in [1.29, 1.82) is 5.26 Å². The van der Waals surface area contributed by atoms with Gasteiger partial charge in [-0.3, -0.25) is 0 Å². The van der Waals surface area contributed by atoms with Crippen molar-refractivity contribution in [3.63, 3.8) is 0 Å². The van der Waals surface area contributed by atoms with E-state index < -0.39 is 5.97 Å². The number of H-pyrrole nitrogens is 1. The Morgan fingerprint density at radius 1 is 1.50 bits per heavy atom. The maximum Gasteiger partial charge on any atom is 0.337 e. The van der Waals surface area contributed by atoms with Crippen molar-refractivity contribution in [3.05, 3.63) is 41.6 Å². The Balaban J connectivity index is 2.59. The summed E-state index contributed by atoms with van der Waals surface area (Å²) in [5.74, 6) is -0.965. The number of nitrogens with zero attached hydrogens (tertiary/aromatic N) is 1. The molecule has 1 heterocycles. The molecule has 0 fully saturated rings. The molecule has 0 radical (unpaired) electrons. The summed E-state index contributed by atoms with van der Waals surface area (Å²) in [6, 6.07) is 7.24. The second-order valence-electron chi connectivity index (χ2n) is 3.27. The molecule has 0 aliphatic rings. The summed E-state index contributed by atoms with van der Waals surface area (Å²) < 4.78 is 0. The molecule has 0 bridgehead atoms. The van der Waals surface area contributed by atoms with Gasteiger partial charge in [0.2, 0.25) is 0 Å². The van der Waals surface area contributed by atoms with Crippen LogP contribution in [0.5, 0.6) is 0 Å². The number of benzene rings is 1. The fourth-order valence-corrected chi connectivity index (χ4v) is 1.55. The second-order valence-corrected chi connectivity index (χ2v) is 3.27. The number of aromatic amines is 1. The molecule has 0 saturated carbocycles. The Labute approximate surface area is 91.4 Å². The highest BCUT2D eigenvalue weighted by molar-refractivity contribution is 6.03. The molecule has 2 rings (SSSR count). The van der Waals surface area contributed by atoms with E-state index in [2.05, 4.69) is 4.98 Å². The van der Waals surface area contributed by atoms with Crippen LogP contribution in [0.15, 0.2) is 30.5 Å². The van der Waals surface area contributed by atoms with Crippen molar-refractivity contribution in [2.24, 2.45) is 0 Å². The lowest BCUT2D eigenvalue weighted by Crippen LogP contribution is -1.93. The van der Waals surface area contributed by atoms with Crippen LogP contribution in [0.4, 0.5) is 0 Å². The quantitative estimate of drug-likeness (QED) is 0.750. The van der Waals surface area contributed by atoms with E-state index >= 15 is 0 Å². The average Bonchev–Trinajstić information content (AvgIpc) is 2.69. The Hall–Kier alpha value is -2.54. The highest BCUT2D eigenvalue weighted by Crippen LogP contribution is 2.20. The van der Waals surface area contributed by atoms with Gasteiger partial charge in [-0.05, 0) is 23.8 Å². The lowest BCUT2D eigenvalue weighted by Gasteiger charge is -1.95. The van der Waals surface area contributed by atoms with Crippen LogP contribution in [-0.4, -0.2) is 16.1 Å². The maximum absolute atomic E-state index is 10.9. The third-order valence-corrected chi connectivity index (χ3v) is 2.29. The number of carbonyl (C=O) groups is 1. The molecule has 0 unspecified atom stereocenters. The van der Waals surface area contributed by atoms with Crippen molar-refractivity contribution in [1.82, 2.24) is 4.98 Å². The molecule has 4 heteroatoms. The molecule has 2 aromatic rings. The minimum Gasteiger partial charge on any atom is -0.478 e. The third-order valence-electron chi connectivity index (χ3n) is 2.29. The van der Waals surface area contributed by atoms with Crippen molar-refractivity contribution < 1.29 is 9.90 Å². The molecule has 0 amide bonds. The smallest absolute Gasteiger partial charge is 0.337 e. The molecule has 78 valence electrons. The number of aromatic carboxylic acids is 1. The van der Waals surface area contributed by atoms with E-state index in [1.807, 2.05) is 12.1 Å². The number of allylic oxidation sites excluding steroid dienone is 1. The fourth-order valence-electron chi connectivity index (χ4n) is 1.55. The van der Waals surface area contributed by atoms with E-state index in [4.69, 9.17) is 10.4 Å². The lowest BCUT2D eigenvalue weighted by molar-refractivity contribution is 0.0699. The van der Waals surface area contributed by atoms with E-state index in [9.17, 15) is 4.79 Å². The predicted octanol–water partition coefficient (Wildman–Crippen LogP) is 2.40. The number of carboxylic acids is 1. The van der Waals surface area contributed by atoms with Gasteiger partial charge >= 0.3 is 5.97 Å². The predicted molar refractivity (Wildman–Crippen MR) is 59.9 cm³/mol. The first-order chi connectivity index (χ1) is 7.72. The van der Waals surface area contributed by atoms with E-state index in [1.165, 1.54) is 12.3 Å². The Morgan fingerprint density at radius 3 is 3.00 bits per heavy atom. The molecule has 16 heavy (non-hydrogen) atoms. The highest BCUT2D eigenvalue weighted by atomic mass is 16.4. The molecule has 0 spiro atoms.